The number of carbonyl (C=O) groups is 2. The number of carbonyl (C=O) groups excluding carboxylic acids is 2. The van der Waals surface area contributed by atoms with E-state index < -0.39 is 23.7 Å². The maximum atomic E-state index is 14.4. The molecule has 2 aromatic carbocycles. The number of hydrogen-bond donors (Lipinski definition) is 0. The molecule has 0 heterocycles. The summed E-state index contributed by atoms with van der Waals surface area (Å²) in [5.74, 6) is -2.01. The highest BCUT2D eigenvalue weighted by atomic mass is 19.1. The van der Waals surface area contributed by atoms with Gasteiger partial charge in [0.05, 0.1) is 5.92 Å². The fourth-order valence-corrected chi connectivity index (χ4v) is 2.38. The largest absolute Gasteiger partial charge is 0.462 e. The summed E-state index contributed by atoms with van der Waals surface area (Å²) in [4.78, 5) is 23.2. The van der Waals surface area contributed by atoms with Crippen LogP contribution in [0.1, 0.15) is 25.3 Å². The number of ether oxygens (including phenoxy) is 2. The van der Waals surface area contributed by atoms with Gasteiger partial charge in [0, 0.05) is 11.6 Å². The molecule has 2 rings (SSSR count). The van der Waals surface area contributed by atoms with E-state index >= 15 is 0 Å². The van der Waals surface area contributed by atoms with Crippen molar-refractivity contribution in [1.29, 1.82) is 0 Å². The number of benzene rings is 2. The van der Waals surface area contributed by atoms with Gasteiger partial charge in [-0.1, -0.05) is 48.5 Å². The Balaban J connectivity index is 1.94. The molecule has 0 N–H and O–H groups in total. The number of rotatable bonds is 7. The van der Waals surface area contributed by atoms with E-state index in [4.69, 9.17) is 9.47 Å². The predicted molar refractivity (Wildman–Crippen MR) is 97.0 cm³/mol. The molecule has 0 aliphatic rings. The molecule has 26 heavy (non-hydrogen) atoms. The molecule has 0 amide bonds. The summed E-state index contributed by atoms with van der Waals surface area (Å²) in [5, 5.41) is 0. The molecule has 0 aliphatic carbocycles. The molecule has 0 bridgehead atoms. The van der Waals surface area contributed by atoms with Gasteiger partial charge >= 0.3 is 11.9 Å². The van der Waals surface area contributed by atoms with Crippen molar-refractivity contribution in [2.24, 2.45) is 0 Å². The van der Waals surface area contributed by atoms with E-state index in [1.165, 1.54) is 12.1 Å². The average molecular weight is 356 g/mol. The lowest BCUT2D eigenvalue weighted by atomic mass is 9.97. The first-order chi connectivity index (χ1) is 12.5. The number of hydrogen-bond acceptors (Lipinski definition) is 4. The Bertz CT molecular complexity index is 784. The van der Waals surface area contributed by atoms with Gasteiger partial charge in [0.1, 0.15) is 19.0 Å². The molecule has 0 radical (unpaired) electrons. The van der Waals surface area contributed by atoms with E-state index in [-0.39, 0.29) is 13.2 Å². The molecule has 0 spiro atoms. The van der Waals surface area contributed by atoms with Crippen molar-refractivity contribution in [3.63, 3.8) is 0 Å². The van der Waals surface area contributed by atoms with Crippen molar-refractivity contribution in [2.75, 3.05) is 13.2 Å². The quantitative estimate of drug-likeness (QED) is 0.423. The van der Waals surface area contributed by atoms with Gasteiger partial charge in [-0.25, -0.2) is 9.18 Å². The van der Waals surface area contributed by atoms with Crippen molar-refractivity contribution >= 4 is 11.9 Å². The molecule has 2 aromatic rings. The first-order valence-electron chi connectivity index (χ1n) is 8.34. The van der Waals surface area contributed by atoms with Gasteiger partial charge in [0.25, 0.3) is 0 Å². The van der Waals surface area contributed by atoms with Crippen molar-refractivity contribution in [1.82, 2.24) is 0 Å². The second-order valence-electron chi connectivity index (χ2n) is 5.66. The molecule has 136 valence electrons. The van der Waals surface area contributed by atoms with Gasteiger partial charge in [-0.3, -0.25) is 4.79 Å². The maximum absolute atomic E-state index is 14.4. The Morgan fingerprint density at radius 1 is 1.08 bits per heavy atom. The van der Waals surface area contributed by atoms with Crippen LogP contribution in [-0.4, -0.2) is 25.2 Å². The van der Waals surface area contributed by atoms with Crippen LogP contribution in [0.25, 0.3) is 11.1 Å². The van der Waals surface area contributed by atoms with E-state index in [0.717, 1.165) is 5.56 Å². The Morgan fingerprint density at radius 3 is 2.42 bits per heavy atom. The minimum Gasteiger partial charge on any atom is -0.462 e. The molecule has 4 nitrogen and oxygen atoms in total. The summed E-state index contributed by atoms with van der Waals surface area (Å²) < 4.78 is 24.3. The highest BCUT2D eigenvalue weighted by molar-refractivity contribution is 5.81. The van der Waals surface area contributed by atoms with Crippen LogP contribution in [0.4, 0.5) is 4.39 Å². The summed E-state index contributed by atoms with van der Waals surface area (Å²) >= 11 is 0. The van der Waals surface area contributed by atoms with Crippen LogP contribution < -0.4 is 0 Å². The molecule has 0 saturated carbocycles. The summed E-state index contributed by atoms with van der Waals surface area (Å²) in [5.41, 5.74) is 1.78. The highest BCUT2D eigenvalue weighted by Crippen LogP contribution is 2.26. The van der Waals surface area contributed by atoms with Crippen LogP contribution in [-0.2, 0) is 19.1 Å². The normalized spacial score (nSPS) is 12.0. The maximum Gasteiger partial charge on any atom is 0.330 e. The standard InChI is InChI=1S/C21H21FO4/c1-3-7-20(23)25-12-13-26-21(24)15(2)17-10-11-18(19(22)14-17)16-8-5-4-6-9-16/h3-11,14-15H,12-13H2,1-2H3. The van der Waals surface area contributed by atoms with E-state index in [1.807, 2.05) is 30.3 Å². The van der Waals surface area contributed by atoms with Gasteiger partial charge in [-0.05, 0) is 31.0 Å². The summed E-state index contributed by atoms with van der Waals surface area (Å²) in [7, 11) is 0. The molecular formula is C21H21FO4. The second-order valence-corrected chi connectivity index (χ2v) is 5.66. The highest BCUT2D eigenvalue weighted by Gasteiger charge is 2.18. The molecule has 0 fully saturated rings. The molecule has 0 aromatic heterocycles. The zero-order chi connectivity index (χ0) is 18.9. The monoisotopic (exact) mass is 356 g/mol. The Labute approximate surface area is 152 Å². The fourth-order valence-electron chi connectivity index (χ4n) is 2.38. The minimum absolute atomic E-state index is 0.0249. The molecule has 0 saturated heterocycles. The number of esters is 2. The van der Waals surface area contributed by atoms with Crippen LogP contribution in [0.3, 0.4) is 0 Å². The van der Waals surface area contributed by atoms with Crippen LogP contribution in [0.15, 0.2) is 60.7 Å². The predicted octanol–water partition coefficient (Wildman–Crippen LogP) is 4.26. The molecule has 1 atom stereocenters. The van der Waals surface area contributed by atoms with Crippen molar-refractivity contribution in [3.8, 4) is 11.1 Å². The lowest BCUT2D eigenvalue weighted by molar-refractivity contribution is -0.150. The molecule has 0 aliphatic heterocycles. The third-order valence-electron chi connectivity index (χ3n) is 3.81. The average Bonchev–Trinajstić information content (AvgIpc) is 2.65. The Hall–Kier alpha value is -2.95. The van der Waals surface area contributed by atoms with Gasteiger partial charge in [0.15, 0.2) is 0 Å². The lowest BCUT2D eigenvalue weighted by Gasteiger charge is -2.13. The first kappa shape index (κ1) is 19.4. The molecule has 1 unspecified atom stereocenters. The third-order valence-corrected chi connectivity index (χ3v) is 3.81. The topological polar surface area (TPSA) is 52.6 Å². The fraction of sp³-hybridized carbons (Fsp3) is 0.238. The zero-order valence-corrected chi connectivity index (χ0v) is 14.8. The van der Waals surface area contributed by atoms with Crippen molar-refractivity contribution in [3.05, 3.63) is 72.1 Å². The van der Waals surface area contributed by atoms with Crippen LogP contribution in [0.5, 0.6) is 0 Å². The Kier molecular flexibility index (Phi) is 7.09. The SMILES string of the molecule is CC=CC(=O)OCCOC(=O)C(C)c1ccc(-c2ccccc2)c(F)c1. The van der Waals surface area contributed by atoms with Gasteiger partial charge < -0.3 is 9.47 Å². The van der Waals surface area contributed by atoms with Crippen molar-refractivity contribution in [2.45, 2.75) is 19.8 Å². The van der Waals surface area contributed by atoms with E-state index in [9.17, 15) is 14.0 Å². The van der Waals surface area contributed by atoms with Crippen LogP contribution >= 0.6 is 0 Å². The Morgan fingerprint density at radius 2 is 1.77 bits per heavy atom. The van der Waals surface area contributed by atoms with Crippen molar-refractivity contribution < 1.29 is 23.5 Å². The second kappa shape index (κ2) is 9.51. The summed E-state index contributed by atoms with van der Waals surface area (Å²) in [6, 6.07) is 13.9. The van der Waals surface area contributed by atoms with E-state index in [2.05, 4.69) is 0 Å². The molecular weight excluding hydrogens is 335 g/mol. The van der Waals surface area contributed by atoms with Crippen LogP contribution in [0, 0.1) is 5.82 Å². The van der Waals surface area contributed by atoms with E-state index in [0.29, 0.717) is 11.1 Å². The lowest BCUT2D eigenvalue weighted by Crippen LogP contribution is -2.17. The van der Waals surface area contributed by atoms with E-state index in [1.54, 1.807) is 32.1 Å². The summed E-state index contributed by atoms with van der Waals surface area (Å²) in [6.07, 6.45) is 2.84. The minimum atomic E-state index is -0.624. The summed E-state index contributed by atoms with van der Waals surface area (Å²) in [6.45, 7) is 3.27. The number of halogens is 1. The van der Waals surface area contributed by atoms with Gasteiger partial charge in [0.2, 0.25) is 0 Å². The number of allylic oxidation sites excluding steroid dienone is 1. The van der Waals surface area contributed by atoms with Gasteiger partial charge in [-0.15, -0.1) is 0 Å². The third kappa shape index (κ3) is 5.28. The smallest absolute Gasteiger partial charge is 0.330 e. The first-order valence-corrected chi connectivity index (χ1v) is 8.34. The van der Waals surface area contributed by atoms with Gasteiger partial charge in [-0.2, -0.15) is 0 Å². The zero-order valence-electron chi connectivity index (χ0n) is 14.8. The van der Waals surface area contributed by atoms with Crippen LogP contribution in [0.2, 0.25) is 0 Å². The molecule has 5 heteroatoms.